The molecule has 0 radical (unpaired) electrons. The van der Waals surface area contributed by atoms with E-state index in [4.69, 9.17) is 14.0 Å². The van der Waals surface area contributed by atoms with E-state index < -0.39 is 0 Å². The molecule has 2 aromatic carbocycles. The summed E-state index contributed by atoms with van der Waals surface area (Å²) in [4.78, 5) is 4.52. The Kier molecular flexibility index (Phi) is 4.66. The van der Waals surface area contributed by atoms with E-state index >= 15 is 0 Å². The first-order valence-corrected chi connectivity index (χ1v) is 9.81. The summed E-state index contributed by atoms with van der Waals surface area (Å²) in [5.41, 5.74) is 1.63. The molecule has 1 aliphatic carbocycles. The summed E-state index contributed by atoms with van der Waals surface area (Å²) in [6.45, 7) is 0.560. The lowest BCUT2D eigenvalue weighted by Gasteiger charge is -2.12. The lowest BCUT2D eigenvalue weighted by atomic mass is 10.1. The highest BCUT2D eigenvalue weighted by molar-refractivity contribution is 5.98. The summed E-state index contributed by atoms with van der Waals surface area (Å²) >= 11 is 0. The van der Waals surface area contributed by atoms with Crippen LogP contribution in [0, 0.1) is 0 Å². The van der Waals surface area contributed by atoms with Crippen LogP contribution in [0.1, 0.15) is 30.1 Å². The van der Waals surface area contributed by atoms with Gasteiger partial charge in [0.05, 0.1) is 14.2 Å². The largest absolute Gasteiger partial charge is 0.493 e. The molecular weight excluding hydrogens is 382 g/mol. The summed E-state index contributed by atoms with van der Waals surface area (Å²) in [5.74, 6) is 3.65. The Morgan fingerprint density at radius 3 is 2.57 bits per heavy atom. The Morgan fingerprint density at radius 2 is 1.80 bits per heavy atom. The number of methoxy groups -OCH3 is 2. The van der Waals surface area contributed by atoms with E-state index in [0.29, 0.717) is 41.4 Å². The molecule has 1 fully saturated rings. The SMILES string of the molecule is COc1ccc(CNc2nnc(-c3nc(C4CC4)no3)c3ccccc23)cc1OC. The molecule has 0 spiro atoms. The first-order valence-electron chi connectivity index (χ1n) is 9.81. The molecule has 30 heavy (non-hydrogen) atoms. The summed E-state index contributed by atoms with van der Waals surface area (Å²) in [6, 6.07) is 13.7. The van der Waals surface area contributed by atoms with Gasteiger partial charge in [-0.15, -0.1) is 10.2 Å². The fraction of sp³-hybridized carbons (Fsp3) is 0.273. The van der Waals surface area contributed by atoms with Crippen molar-refractivity contribution in [2.75, 3.05) is 19.5 Å². The van der Waals surface area contributed by atoms with Crippen molar-refractivity contribution in [3.8, 4) is 23.1 Å². The molecule has 1 aliphatic rings. The Morgan fingerprint density at radius 1 is 1.00 bits per heavy atom. The molecule has 0 amide bonds. The van der Waals surface area contributed by atoms with E-state index in [-0.39, 0.29) is 0 Å². The molecule has 0 unspecified atom stereocenters. The standard InChI is InChI=1S/C22H21N5O3/c1-28-17-10-7-13(11-18(17)29-2)12-23-21-16-6-4-3-5-15(16)19(25-26-21)22-24-20(27-30-22)14-8-9-14/h3-7,10-11,14H,8-9,12H2,1-2H3,(H,23,26). The van der Waals surface area contributed by atoms with E-state index in [0.717, 1.165) is 35.0 Å². The first kappa shape index (κ1) is 18.4. The molecular formula is C22H21N5O3. The van der Waals surface area contributed by atoms with Crippen molar-refractivity contribution in [1.82, 2.24) is 20.3 Å². The van der Waals surface area contributed by atoms with Gasteiger partial charge in [-0.2, -0.15) is 4.98 Å². The molecule has 8 nitrogen and oxygen atoms in total. The van der Waals surface area contributed by atoms with Crippen LogP contribution in [0.5, 0.6) is 11.5 Å². The van der Waals surface area contributed by atoms with Gasteiger partial charge >= 0.3 is 0 Å². The topological polar surface area (TPSA) is 95.2 Å². The molecule has 8 heteroatoms. The zero-order valence-corrected chi connectivity index (χ0v) is 16.8. The summed E-state index contributed by atoms with van der Waals surface area (Å²) < 4.78 is 16.1. The monoisotopic (exact) mass is 403 g/mol. The number of anilines is 1. The Bertz CT molecular complexity index is 1200. The molecule has 2 heterocycles. The second-order valence-electron chi connectivity index (χ2n) is 7.22. The molecule has 5 rings (SSSR count). The van der Waals surface area contributed by atoms with Crippen molar-refractivity contribution >= 4 is 16.6 Å². The van der Waals surface area contributed by atoms with Gasteiger partial charge in [-0.05, 0) is 30.5 Å². The number of aromatic nitrogens is 4. The number of rotatable bonds is 7. The number of fused-ring (bicyclic) bond motifs is 1. The molecule has 1 N–H and O–H groups in total. The predicted octanol–water partition coefficient (Wildman–Crippen LogP) is 4.19. The van der Waals surface area contributed by atoms with Crippen LogP contribution >= 0.6 is 0 Å². The minimum atomic E-state index is 0.409. The van der Waals surface area contributed by atoms with E-state index in [9.17, 15) is 0 Å². The lowest BCUT2D eigenvalue weighted by molar-refractivity contribution is 0.354. The van der Waals surface area contributed by atoms with E-state index in [1.165, 1.54) is 0 Å². The highest BCUT2D eigenvalue weighted by Gasteiger charge is 2.29. The highest BCUT2D eigenvalue weighted by Crippen LogP contribution is 2.39. The molecule has 1 saturated carbocycles. The molecule has 0 bridgehead atoms. The maximum Gasteiger partial charge on any atom is 0.279 e. The fourth-order valence-corrected chi connectivity index (χ4v) is 3.41. The molecule has 4 aromatic rings. The van der Waals surface area contributed by atoms with Crippen LogP contribution < -0.4 is 14.8 Å². The average molecular weight is 403 g/mol. The zero-order chi connectivity index (χ0) is 20.5. The summed E-state index contributed by atoms with van der Waals surface area (Å²) in [6.07, 6.45) is 2.23. The van der Waals surface area contributed by atoms with Gasteiger partial charge in [0.15, 0.2) is 28.8 Å². The van der Waals surface area contributed by atoms with Gasteiger partial charge in [-0.25, -0.2) is 0 Å². The van der Waals surface area contributed by atoms with E-state index in [1.807, 2.05) is 42.5 Å². The number of ether oxygens (including phenoxy) is 2. The normalized spacial score (nSPS) is 13.4. The quantitative estimate of drug-likeness (QED) is 0.491. The van der Waals surface area contributed by atoms with Crippen LogP contribution in [0.15, 0.2) is 47.0 Å². The van der Waals surface area contributed by atoms with Crippen LogP contribution in [0.4, 0.5) is 5.82 Å². The van der Waals surface area contributed by atoms with Gasteiger partial charge in [0.25, 0.3) is 5.89 Å². The minimum Gasteiger partial charge on any atom is -0.493 e. The van der Waals surface area contributed by atoms with Crippen molar-refractivity contribution in [3.05, 3.63) is 53.9 Å². The van der Waals surface area contributed by atoms with Crippen LogP contribution in [-0.4, -0.2) is 34.6 Å². The molecule has 152 valence electrons. The van der Waals surface area contributed by atoms with Crippen molar-refractivity contribution < 1.29 is 14.0 Å². The van der Waals surface area contributed by atoms with Crippen LogP contribution in [-0.2, 0) is 6.54 Å². The average Bonchev–Trinajstić information content (AvgIpc) is 3.54. The van der Waals surface area contributed by atoms with Gasteiger partial charge < -0.3 is 19.3 Å². The maximum absolute atomic E-state index is 5.47. The van der Waals surface area contributed by atoms with Crippen molar-refractivity contribution in [3.63, 3.8) is 0 Å². The van der Waals surface area contributed by atoms with E-state index in [2.05, 4.69) is 25.7 Å². The molecule has 0 aliphatic heterocycles. The number of hydrogen-bond donors (Lipinski definition) is 1. The number of nitrogens with zero attached hydrogens (tertiary/aromatic N) is 4. The van der Waals surface area contributed by atoms with Crippen molar-refractivity contribution in [1.29, 1.82) is 0 Å². The van der Waals surface area contributed by atoms with Gasteiger partial charge in [0.2, 0.25) is 0 Å². The van der Waals surface area contributed by atoms with Crippen molar-refractivity contribution in [2.45, 2.75) is 25.3 Å². The number of hydrogen-bond acceptors (Lipinski definition) is 8. The zero-order valence-electron chi connectivity index (χ0n) is 16.8. The molecule has 0 atom stereocenters. The van der Waals surface area contributed by atoms with Gasteiger partial charge in [0, 0.05) is 23.2 Å². The third-order valence-corrected chi connectivity index (χ3v) is 5.18. The third kappa shape index (κ3) is 3.41. The second kappa shape index (κ2) is 7.62. The Balaban J connectivity index is 1.44. The van der Waals surface area contributed by atoms with Crippen LogP contribution in [0.25, 0.3) is 22.4 Å². The van der Waals surface area contributed by atoms with Crippen LogP contribution in [0.3, 0.4) is 0 Å². The summed E-state index contributed by atoms with van der Waals surface area (Å²) in [7, 11) is 3.25. The van der Waals surface area contributed by atoms with Gasteiger partial charge in [-0.3, -0.25) is 0 Å². The predicted molar refractivity (Wildman–Crippen MR) is 112 cm³/mol. The minimum absolute atomic E-state index is 0.409. The van der Waals surface area contributed by atoms with Gasteiger partial charge in [-0.1, -0.05) is 35.5 Å². The summed E-state index contributed by atoms with van der Waals surface area (Å²) in [5, 5.41) is 18.1. The molecule has 2 aromatic heterocycles. The second-order valence-corrected chi connectivity index (χ2v) is 7.22. The number of benzene rings is 2. The number of nitrogens with one attached hydrogen (secondary N) is 1. The van der Waals surface area contributed by atoms with Gasteiger partial charge in [0.1, 0.15) is 0 Å². The maximum atomic E-state index is 5.47. The molecule has 0 saturated heterocycles. The van der Waals surface area contributed by atoms with E-state index in [1.54, 1.807) is 14.2 Å². The van der Waals surface area contributed by atoms with Crippen LogP contribution in [0.2, 0.25) is 0 Å². The highest BCUT2D eigenvalue weighted by atomic mass is 16.5. The Labute approximate surface area is 173 Å². The van der Waals surface area contributed by atoms with Crippen molar-refractivity contribution in [2.24, 2.45) is 0 Å². The lowest BCUT2D eigenvalue weighted by Crippen LogP contribution is -2.05. The smallest absolute Gasteiger partial charge is 0.279 e. The third-order valence-electron chi connectivity index (χ3n) is 5.18. The first-order chi connectivity index (χ1) is 14.8. The fourth-order valence-electron chi connectivity index (χ4n) is 3.41. The Hall–Kier alpha value is -3.68.